The van der Waals surface area contributed by atoms with Crippen molar-refractivity contribution in [2.24, 2.45) is 17.6 Å². The lowest BCUT2D eigenvalue weighted by Crippen LogP contribution is -2.44. The summed E-state index contributed by atoms with van der Waals surface area (Å²) in [7, 11) is 0. The molecule has 2 aliphatic heterocycles. The van der Waals surface area contributed by atoms with Crippen LogP contribution >= 0.6 is 0 Å². The molecule has 3 N–H and O–H groups in total. The second kappa shape index (κ2) is 12.4. The van der Waals surface area contributed by atoms with Gasteiger partial charge in [0.25, 0.3) is 0 Å². The number of rotatable bonds is 8. The van der Waals surface area contributed by atoms with Gasteiger partial charge in [0.05, 0.1) is 17.6 Å². The van der Waals surface area contributed by atoms with E-state index in [-0.39, 0.29) is 23.5 Å². The number of nitrogens with one attached hydrogen (secondary N) is 1. The van der Waals surface area contributed by atoms with Gasteiger partial charge >= 0.3 is 6.18 Å². The Morgan fingerprint density at radius 1 is 1.08 bits per heavy atom. The number of nitrogens with zero attached hydrogens (tertiary/aromatic N) is 5. The van der Waals surface area contributed by atoms with Gasteiger partial charge in [-0.1, -0.05) is 12.1 Å². The molecule has 8 nitrogen and oxygen atoms in total. The molecule has 0 spiro atoms. The highest BCUT2D eigenvalue weighted by molar-refractivity contribution is 5.79. The largest absolute Gasteiger partial charge is 0.451 e. The van der Waals surface area contributed by atoms with Crippen molar-refractivity contribution in [3.8, 4) is 6.07 Å². The van der Waals surface area contributed by atoms with Crippen molar-refractivity contribution in [2.45, 2.75) is 44.7 Å². The summed E-state index contributed by atoms with van der Waals surface area (Å²) in [6.07, 6.45) is -0.0441. The van der Waals surface area contributed by atoms with Gasteiger partial charge in [0.2, 0.25) is 11.7 Å². The molecule has 0 saturated carbocycles. The number of hydrogen-bond donors (Lipinski definition) is 2. The van der Waals surface area contributed by atoms with E-state index < -0.39 is 12.0 Å². The molecule has 2 saturated heterocycles. The van der Waals surface area contributed by atoms with Crippen molar-refractivity contribution >= 4 is 17.5 Å². The van der Waals surface area contributed by atoms with Gasteiger partial charge in [0, 0.05) is 38.8 Å². The van der Waals surface area contributed by atoms with Gasteiger partial charge in [-0.2, -0.15) is 18.4 Å². The van der Waals surface area contributed by atoms with Crippen molar-refractivity contribution in [1.82, 2.24) is 15.3 Å². The van der Waals surface area contributed by atoms with Gasteiger partial charge in [0.15, 0.2) is 0 Å². The fourth-order valence-corrected chi connectivity index (χ4v) is 5.18. The van der Waals surface area contributed by atoms with Crippen LogP contribution in [0.3, 0.4) is 0 Å². The molecule has 1 aromatic heterocycles. The Kier molecular flexibility index (Phi) is 9.05. The van der Waals surface area contributed by atoms with Crippen molar-refractivity contribution in [1.29, 1.82) is 5.26 Å². The Labute approximate surface area is 221 Å². The zero-order valence-corrected chi connectivity index (χ0v) is 21.4. The van der Waals surface area contributed by atoms with Crippen molar-refractivity contribution < 1.29 is 18.0 Å². The number of carbonyl (C=O) groups is 1. The number of halogens is 3. The van der Waals surface area contributed by atoms with Crippen molar-refractivity contribution in [2.75, 3.05) is 49.1 Å². The average molecular weight is 530 g/mol. The van der Waals surface area contributed by atoms with Crippen molar-refractivity contribution in [3.05, 3.63) is 47.3 Å². The second-order valence-electron chi connectivity index (χ2n) is 10.0. The Balaban J connectivity index is 1.41. The van der Waals surface area contributed by atoms with Crippen LogP contribution < -0.4 is 20.9 Å². The molecule has 0 bridgehead atoms. The molecule has 2 aromatic rings. The molecule has 1 atom stereocenters. The van der Waals surface area contributed by atoms with Gasteiger partial charge in [-0.25, -0.2) is 9.97 Å². The summed E-state index contributed by atoms with van der Waals surface area (Å²) >= 11 is 0. The lowest BCUT2D eigenvalue weighted by molar-refractivity contribution is -0.144. The lowest BCUT2D eigenvalue weighted by atomic mass is 9.93. The monoisotopic (exact) mass is 529 g/mol. The summed E-state index contributed by atoms with van der Waals surface area (Å²) in [6.45, 7) is 3.14. The van der Waals surface area contributed by atoms with Gasteiger partial charge in [-0.15, -0.1) is 0 Å². The van der Waals surface area contributed by atoms with Crippen molar-refractivity contribution in [3.63, 3.8) is 0 Å². The number of hydrogen-bond acceptors (Lipinski definition) is 7. The zero-order chi connectivity index (χ0) is 27.1. The SMILES string of the molecule is N#Cc1ccc(CCNC(=O)[C@@H]2CCCN(c3cc(N4CCC(CCN)CC4)nc(C(F)(F)F)n3)C2)cc1. The molecular weight excluding hydrogens is 495 g/mol. The molecule has 2 aliphatic rings. The van der Waals surface area contributed by atoms with Crippen LogP contribution in [-0.4, -0.2) is 55.1 Å². The molecule has 1 amide bonds. The lowest BCUT2D eigenvalue weighted by Gasteiger charge is -2.35. The first-order valence-electron chi connectivity index (χ1n) is 13.2. The van der Waals surface area contributed by atoms with Gasteiger partial charge in [0.1, 0.15) is 11.6 Å². The number of carbonyl (C=O) groups excluding carboxylic acids is 1. The first kappa shape index (κ1) is 27.6. The maximum Gasteiger partial charge on any atom is 0.451 e. The fraction of sp³-hybridized carbons (Fsp3) is 0.556. The van der Waals surface area contributed by atoms with Gasteiger partial charge < -0.3 is 20.9 Å². The standard InChI is InChI=1S/C27H34F3N7O/c28-27(29,30)26-34-23(36-14-9-20(7-11-31)10-15-36)16-24(35-26)37-13-1-2-22(18-37)25(38)33-12-8-19-3-5-21(17-32)6-4-19/h3-6,16,20,22H,1-2,7-15,18,31H2,(H,33,38)/t22-/m1/s1. The number of aromatic nitrogens is 2. The minimum atomic E-state index is -4.67. The fourth-order valence-electron chi connectivity index (χ4n) is 5.18. The zero-order valence-electron chi connectivity index (χ0n) is 21.4. The van der Waals surface area contributed by atoms with Crippen LogP contribution in [0.2, 0.25) is 0 Å². The van der Waals surface area contributed by atoms with E-state index in [4.69, 9.17) is 11.0 Å². The van der Waals surface area contributed by atoms with Gasteiger partial charge in [-0.05, 0) is 68.7 Å². The summed E-state index contributed by atoms with van der Waals surface area (Å²) in [4.78, 5) is 24.3. The van der Waals surface area contributed by atoms with Crippen LogP contribution in [0.5, 0.6) is 0 Å². The third-order valence-corrected chi connectivity index (χ3v) is 7.38. The molecular formula is C27H34F3N7O. The minimum absolute atomic E-state index is 0.115. The molecule has 0 unspecified atom stereocenters. The third kappa shape index (κ3) is 7.13. The number of nitrogens with two attached hydrogens (primary N) is 1. The molecule has 0 radical (unpaired) electrons. The van der Waals surface area contributed by atoms with Crippen LogP contribution in [0, 0.1) is 23.2 Å². The van der Waals surface area contributed by atoms with Crippen LogP contribution in [-0.2, 0) is 17.4 Å². The number of nitriles is 1. The average Bonchev–Trinajstić information content (AvgIpc) is 2.93. The molecule has 2 fully saturated rings. The van der Waals surface area contributed by atoms with Crippen LogP contribution in [0.1, 0.15) is 49.1 Å². The molecule has 1 aromatic carbocycles. The first-order valence-corrected chi connectivity index (χ1v) is 13.2. The number of alkyl halides is 3. The van der Waals surface area contributed by atoms with Crippen LogP contribution in [0.4, 0.5) is 24.8 Å². The van der Waals surface area contributed by atoms with E-state index in [0.717, 1.165) is 24.8 Å². The van der Waals surface area contributed by atoms with E-state index in [9.17, 15) is 18.0 Å². The molecule has 38 heavy (non-hydrogen) atoms. The number of piperidine rings is 2. The molecule has 0 aliphatic carbocycles. The van der Waals surface area contributed by atoms with Crippen LogP contribution in [0.15, 0.2) is 30.3 Å². The normalized spacial score (nSPS) is 18.8. The summed E-state index contributed by atoms with van der Waals surface area (Å²) in [5.74, 6) is -0.634. The first-order chi connectivity index (χ1) is 18.3. The molecule has 11 heteroatoms. The Morgan fingerprint density at radius 3 is 2.39 bits per heavy atom. The molecule has 204 valence electrons. The van der Waals surface area contributed by atoms with E-state index in [1.807, 2.05) is 17.0 Å². The predicted molar refractivity (Wildman–Crippen MR) is 138 cm³/mol. The minimum Gasteiger partial charge on any atom is -0.356 e. The maximum absolute atomic E-state index is 13.7. The number of amides is 1. The topological polar surface area (TPSA) is 111 Å². The smallest absolute Gasteiger partial charge is 0.356 e. The molecule has 4 rings (SSSR count). The van der Waals surface area contributed by atoms with E-state index in [0.29, 0.717) is 70.0 Å². The quantitative estimate of drug-likeness (QED) is 0.538. The van der Waals surface area contributed by atoms with E-state index in [1.165, 1.54) is 0 Å². The van der Waals surface area contributed by atoms with Crippen LogP contribution in [0.25, 0.3) is 0 Å². The molecule has 3 heterocycles. The summed E-state index contributed by atoms with van der Waals surface area (Å²) < 4.78 is 41.1. The van der Waals surface area contributed by atoms with E-state index in [1.54, 1.807) is 23.1 Å². The summed E-state index contributed by atoms with van der Waals surface area (Å²) in [6, 6.07) is 10.9. The summed E-state index contributed by atoms with van der Waals surface area (Å²) in [5, 5.41) is 11.9. The number of benzene rings is 1. The Morgan fingerprint density at radius 2 is 1.76 bits per heavy atom. The maximum atomic E-state index is 13.7. The van der Waals surface area contributed by atoms with E-state index in [2.05, 4.69) is 21.4 Å². The highest BCUT2D eigenvalue weighted by atomic mass is 19.4. The van der Waals surface area contributed by atoms with E-state index >= 15 is 0 Å². The predicted octanol–water partition coefficient (Wildman–Crippen LogP) is 3.51. The summed E-state index contributed by atoms with van der Waals surface area (Å²) in [5.41, 5.74) is 7.26. The number of anilines is 2. The highest BCUT2D eigenvalue weighted by Gasteiger charge is 2.37. The van der Waals surface area contributed by atoms with Gasteiger partial charge in [-0.3, -0.25) is 4.79 Å². The Hall–Kier alpha value is -3.39. The second-order valence-corrected chi connectivity index (χ2v) is 10.0. The Bertz CT molecular complexity index is 1120. The highest BCUT2D eigenvalue weighted by Crippen LogP contribution is 2.33. The third-order valence-electron chi connectivity index (χ3n) is 7.38.